The van der Waals surface area contributed by atoms with Crippen LogP contribution in [0, 0.1) is 13.8 Å². The lowest BCUT2D eigenvalue weighted by molar-refractivity contribution is 0.802. The van der Waals surface area contributed by atoms with Crippen LogP contribution in [0.25, 0.3) is 0 Å². The second-order valence-corrected chi connectivity index (χ2v) is 3.48. The highest BCUT2D eigenvalue weighted by Crippen LogP contribution is 2.33. The number of anilines is 1. The number of rotatable bonds is 0. The van der Waals surface area contributed by atoms with Gasteiger partial charge < -0.3 is 11.1 Å². The second-order valence-electron chi connectivity index (χ2n) is 3.48. The molecule has 1 unspecified atom stereocenters. The third-order valence-electron chi connectivity index (χ3n) is 2.54. The zero-order chi connectivity index (χ0) is 8.72. The van der Waals surface area contributed by atoms with Crippen molar-refractivity contribution < 1.29 is 0 Å². The van der Waals surface area contributed by atoms with E-state index in [0.717, 1.165) is 6.54 Å². The number of fused-ring (bicyclic) bond motifs is 1. The molecule has 0 spiro atoms. The van der Waals surface area contributed by atoms with E-state index >= 15 is 0 Å². The van der Waals surface area contributed by atoms with E-state index in [0.29, 0.717) is 0 Å². The Bertz CT molecular complexity index is 318. The first kappa shape index (κ1) is 7.62. The Labute approximate surface area is 72.8 Å². The maximum absolute atomic E-state index is 5.95. The smallest absolute Gasteiger partial charge is 0.0493 e. The summed E-state index contributed by atoms with van der Waals surface area (Å²) >= 11 is 0. The first-order valence-electron chi connectivity index (χ1n) is 4.29. The normalized spacial score (nSPS) is 20.4. The average molecular weight is 162 g/mol. The molecule has 1 aliphatic heterocycles. The summed E-state index contributed by atoms with van der Waals surface area (Å²) in [6.07, 6.45) is 0. The van der Waals surface area contributed by atoms with Crippen LogP contribution in [0.1, 0.15) is 22.7 Å². The second kappa shape index (κ2) is 2.49. The highest BCUT2D eigenvalue weighted by atomic mass is 15.0. The van der Waals surface area contributed by atoms with Gasteiger partial charge >= 0.3 is 0 Å². The number of hydrogen-bond acceptors (Lipinski definition) is 2. The van der Waals surface area contributed by atoms with E-state index in [2.05, 4.69) is 31.3 Å². The molecule has 0 fully saturated rings. The molecule has 0 aromatic heterocycles. The van der Waals surface area contributed by atoms with E-state index in [4.69, 9.17) is 5.73 Å². The van der Waals surface area contributed by atoms with Gasteiger partial charge in [-0.25, -0.2) is 0 Å². The van der Waals surface area contributed by atoms with Gasteiger partial charge in [-0.3, -0.25) is 0 Å². The van der Waals surface area contributed by atoms with Crippen molar-refractivity contribution in [2.24, 2.45) is 5.73 Å². The van der Waals surface area contributed by atoms with Crippen molar-refractivity contribution in [3.8, 4) is 0 Å². The highest BCUT2D eigenvalue weighted by Gasteiger charge is 2.21. The SMILES string of the molecule is Cc1ccc(C)c2c1NCC2N. The number of aryl methyl sites for hydroxylation is 2. The molecule has 64 valence electrons. The Hall–Kier alpha value is -1.02. The van der Waals surface area contributed by atoms with Gasteiger partial charge in [-0.05, 0) is 30.5 Å². The number of nitrogens with one attached hydrogen (secondary N) is 1. The minimum absolute atomic E-state index is 0.180. The summed E-state index contributed by atoms with van der Waals surface area (Å²) in [5.74, 6) is 0. The van der Waals surface area contributed by atoms with E-state index in [9.17, 15) is 0 Å². The van der Waals surface area contributed by atoms with Crippen LogP contribution in [-0.2, 0) is 0 Å². The van der Waals surface area contributed by atoms with Gasteiger partial charge in [0.05, 0.1) is 0 Å². The topological polar surface area (TPSA) is 38.0 Å². The summed E-state index contributed by atoms with van der Waals surface area (Å²) in [5, 5.41) is 3.33. The van der Waals surface area contributed by atoms with E-state index in [1.54, 1.807) is 0 Å². The fourth-order valence-electron chi connectivity index (χ4n) is 1.86. The first-order chi connectivity index (χ1) is 5.70. The monoisotopic (exact) mass is 162 g/mol. The number of benzene rings is 1. The van der Waals surface area contributed by atoms with Gasteiger partial charge in [-0.2, -0.15) is 0 Å². The van der Waals surface area contributed by atoms with Crippen LogP contribution in [0.4, 0.5) is 5.69 Å². The zero-order valence-electron chi connectivity index (χ0n) is 7.52. The van der Waals surface area contributed by atoms with Gasteiger partial charge in [-0.1, -0.05) is 12.1 Å². The summed E-state index contributed by atoms with van der Waals surface area (Å²) < 4.78 is 0. The van der Waals surface area contributed by atoms with Crippen LogP contribution >= 0.6 is 0 Å². The number of hydrogen-bond donors (Lipinski definition) is 2. The predicted octanol–water partition coefficient (Wildman–Crippen LogP) is 1.73. The molecule has 1 heterocycles. The predicted molar refractivity (Wildman–Crippen MR) is 51.3 cm³/mol. The minimum Gasteiger partial charge on any atom is -0.383 e. The lowest BCUT2D eigenvalue weighted by atomic mass is 10.0. The van der Waals surface area contributed by atoms with Crippen molar-refractivity contribution in [1.29, 1.82) is 0 Å². The Morgan fingerprint density at radius 1 is 1.33 bits per heavy atom. The van der Waals surface area contributed by atoms with Crippen LogP contribution in [0.2, 0.25) is 0 Å². The fourth-order valence-corrected chi connectivity index (χ4v) is 1.86. The molecule has 12 heavy (non-hydrogen) atoms. The molecule has 2 rings (SSSR count). The quantitative estimate of drug-likeness (QED) is 0.609. The molecule has 0 bridgehead atoms. The summed E-state index contributed by atoms with van der Waals surface area (Å²) in [6.45, 7) is 5.11. The highest BCUT2D eigenvalue weighted by molar-refractivity contribution is 5.64. The van der Waals surface area contributed by atoms with Gasteiger partial charge in [0.2, 0.25) is 0 Å². The zero-order valence-corrected chi connectivity index (χ0v) is 7.52. The van der Waals surface area contributed by atoms with Crippen LogP contribution in [-0.4, -0.2) is 6.54 Å². The maximum Gasteiger partial charge on any atom is 0.0493 e. The van der Waals surface area contributed by atoms with Crippen LogP contribution in [0.3, 0.4) is 0 Å². The Morgan fingerprint density at radius 2 is 2.00 bits per heavy atom. The van der Waals surface area contributed by atoms with Crippen LogP contribution < -0.4 is 11.1 Å². The number of nitrogens with two attached hydrogens (primary N) is 1. The Morgan fingerprint density at radius 3 is 2.67 bits per heavy atom. The first-order valence-corrected chi connectivity index (χ1v) is 4.29. The molecule has 1 aromatic carbocycles. The molecule has 0 radical (unpaired) electrons. The molecule has 0 saturated carbocycles. The summed E-state index contributed by atoms with van der Waals surface area (Å²) in [6, 6.07) is 4.46. The van der Waals surface area contributed by atoms with E-state index in [-0.39, 0.29) is 6.04 Å². The third kappa shape index (κ3) is 0.916. The summed E-state index contributed by atoms with van der Waals surface area (Å²) in [7, 11) is 0. The Kier molecular flexibility index (Phi) is 1.58. The third-order valence-corrected chi connectivity index (χ3v) is 2.54. The summed E-state index contributed by atoms with van der Waals surface area (Å²) in [4.78, 5) is 0. The molecule has 1 atom stereocenters. The van der Waals surface area contributed by atoms with Gasteiger partial charge in [-0.15, -0.1) is 0 Å². The molecule has 0 aliphatic carbocycles. The van der Waals surface area contributed by atoms with Crippen molar-refractivity contribution >= 4 is 5.69 Å². The van der Waals surface area contributed by atoms with Crippen molar-refractivity contribution in [2.75, 3.05) is 11.9 Å². The lowest BCUT2D eigenvalue weighted by Gasteiger charge is -2.08. The van der Waals surface area contributed by atoms with E-state index < -0.39 is 0 Å². The molecular formula is C10H14N2. The largest absolute Gasteiger partial charge is 0.383 e. The van der Waals surface area contributed by atoms with Gasteiger partial charge in [0.15, 0.2) is 0 Å². The van der Waals surface area contributed by atoms with Crippen molar-refractivity contribution in [2.45, 2.75) is 19.9 Å². The van der Waals surface area contributed by atoms with Crippen molar-refractivity contribution in [3.05, 3.63) is 28.8 Å². The average Bonchev–Trinajstić information content (AvgIpc) is 2.42. The summed E-state index contributed by atoms with van der Waals surface area (Å²) in [5.41, 5.74) is 11.1. The molecule has 3 N–H and O–H groups in total. The maximum atomic E-state index is 5.95. The lowest BCUT2D eigenvalue weighted by Crippen LogP contribution is -2.12. The molecule has 2 nitrogen and oxygen atoms in total. The van der Waals surface area contributed by atoms with Crippen LogP contribution in [0.5, 0.6) is 0 Å². The standard InChI is InChI=1S/C10H14N2/c1-6-3-4-7(2)10-9(6)8(11)5-12-10/h3-4,8,12H,5,11H2,1-2H3. The van der Waals surface area contributed by atoms with Crippen molar-refractivity contribution in [3.63, 3.8) is 0 Å². The van der Waals surface area contributed by atoms with Crippen LogP contribution in [0.15, 0.2) is 12.1 Å². The molecule has 0 saturated heterocycles. The van der Waals surface area contributed by atoms with Crippen molar-refractivity contribution in [1.82, 2.24) is 0 Å². The molecule has 0 amide bonds. The molecule has 1 aliphatic rings. The van der Waals surface area contributed by atoms with Gasteiger partial charge in [0.1, 0.15) is 0 Å². The van der Waals surface area contributed by atoms with E-state index in [1.165, 1.54) is 22.4 Å². The minimum atomic E-state index is 0.180. The Balaban J connectivity index is 2.64. The van der Waals surface area contributed by atoms with Gasteiger partial charge in [0.25, 0.3) is 0 Å². The van der Waals surface area contributed by atoms with E-state index in [1.807, 2.05) is 0 Å². The molecule has 2 heteroatoms. The van der Waals surface area contributed by atoms with Gasteiger partial charge in [0, 0.05) is 18.3 Å². The fraction of sp³-hybridized carbons (Fsp3) is 0.400. The molecular weight excluding hydrogens is 148 g/mol. The molecule has 1 aromatic rings.